The van der Waals surface area contributed by atoms with Gasteiger partial charge in [0.05, 0.1) is 24.6 Å². The number of aromatic nitrogens is 1. The number of benzene rings is 1. The number of pyridine rings is 1. The highest BCUT2D eigenvalue weighted by Crippen LogP contribution is 2.12. The molecule has 1 aromatic heterocycles. The van der Waals surface area contributed by atoms with Gasteiger partial charge in [0, 0.05) is 6.20 Å². The van der Waals surface area contributed by atoms with Crippen LogP contribution in [0.25, 0.3) is 0 Å². The molecule has 0 unspecified atom stereocenters. The second kappa shape index (κ2) is 9.85. The molecule has 2 atom stereocenters. The van der Waals surface area contributed by atoms with Crippen molar-refractivity contribution in [3.05, 3.63) is 60.4 Å². The second-order valence-electron chi connectivity index (χ2n) is 7.36. The van der Waals surface area contributed by atoms with Crippen LogP contribution in [0, 0.1) is 0 Å². The summed E-state index contributed by atoms with van der Waals surface area (Å²) in [7, 11) is 0. The van der Waals surface area contributed by atoms with Gasteiger partial charge in [-0.2, -0.15) is 0 Å². The molecule has 0 aliphatic carbocycles. The summed E-state index contributed by atoms with van der Waals surface area (Å²) in [5.74, 6) is -0.417. The topological polar surface area (TPSA) is 89.5 Å². The fourth-order valence-corrected chi connectivity index (χ4v) is 2.39. The van der Waals surface area contributed by atoms with Gasteiger partial charge in [0.15, 0.2) is 0 Å². The van der Waals surface area contributed by atoms with Crippen LogP contribution in [0.5, 0.6) is 0 Å². The molecule has 0 spiro atoms. The molecule has 1 aromatic carbocycles. The molecule has 2 aromatic rings. The van der Waals surface area contributed by atoms with Crippen LogP contribution in [-0.2, 0) is 20.9 Å². The zero-order valence-corrected chi connectivity index (χ0v) is 16.6. The maximum absolute atomic E-state index is 12.8. The number of nitrogens with zero attached hydrogens (tertiary/aromatic N) is 1. The molecule has 2 N–H and O–H groups in total. The lowest BCUT2D eigenvalue weighted by Gasteiger charge is -2.27. The minimum absolute atomic E-state index is 0.314. The Morgan fingerprint density at radius 2 is 1.82 bits per heavy atom. The van der Waals surface area contributed by atoms with E-state index in [0.717, 1.165) is 5.56 Å². The van der Waals surface area contributed by atoms with E-state index in [-0.39, 0.29) is 0 Å². The van der Waals surface area contributed by atoms with Crippen molar-refractivity contribution in [1.29, 1.82) is 0 Å². The highest BCUT2D eigenvalue weighted by Gasteiger charge is 2.30. The number of hydrogen-bond donors (Lipinski definition) is 2. The summed E-state index contributed by atoms with van der Waals surface area (Å²) >= 11 is 0. The lowest BCUT2D eigenvalue weighted by Crippen LogP contribution is -2.52. The second-order valence-corrected chi connectivity index (χ2v) is 7.36. The third-order valence-electron chi connectivity index (χ3n) is 3.71. The fourth-order valence-electron chi connectivity index (χ4n) is 2.39. The number of alkyl carbamates (subject to hydrolysis) is 1. The Hall–Kier alpha value is -2.93. The maximum Gasteiger partial charge on any atom is 0.408 e. The average molecular weight is 385 g/mol. The summed E-state index contributed by atoms with van der Waals surface area (Å²) in [4.78, 5) is 29.0. The molecule has 28 heavy (non-hydrogen) atoms. The Labute approximate surface area is 165 Å². The fraction of sp³-hybridized carbons (Fsp3) is 0.381. The largest absolute Gasteiger partial charge is 0.444 e. The first-order valence-electron chi connectivity index (χ1n) is 9.10. The first-order chi connectivity index (χ1) is 13.2. The van der Waals surface area contributed by atoms with E-state index >= 15 is 0 Å². The van der Waals surface area contributed by atoms with Crippen LogP contribution in [0.15, 0.2) is 54.9 Å². The average Bonchev–Trinajstić information content (AvgIpc) is 2.64. The predicted molar refractivity (Wildman–Crippen MR) is 107 cm³/mol. The number of ether oxygens (including phenoxy) is 2. The van der Waals surface area contributed by atoms with Gasteiger partial charge in [0.2, 0.25) is 5.91 Å². The summed E-state index contributed by atoms with van der Waals surface area (Å²) in [6.45, 7) is 7.31. The number of anilines is 1. The smallest absolute Gasteiger partial charge is 0.408 e. The molecule has 2 rings (SSSR count). The summed E-state index contributed by atoms with van der Waals surface area (Å²) in [6.07, 6.45) is 1.86. The lowest BCUT2D eigenvalue weighted by atomic mass is 10.1. The minimum Gasteiger partial charge on any atom is -0.444 e. The Bertz CT molecular complexity index is 760. The van der Waals surface area contributed by atoms with Gasteiger partial charge in [-0.3, -0.25) is 9.78 Å². The zero-order chi connectivity index (χ0) is 20.6. The van der Waals surface area contributed by atoms with Gasteiger partial charge in [0.25, 0.3) is 0 Å². The maximum atomic E-state index is 12.8. The minimum atomic E-state index is -0.946. The van der Waals surface area contributed by atoms with Gasteiger partial charge in [0.1, 0.15) is 11.6 Å². The molecular weight excluding hydrogens is 358 g/mol. The Balaban J connectivity index is 2.07. The summed E-state index contributed by atoms with van der Waals surface area (Å²) in [6, 6.07) is 12.1. The Kier molecular flexibility index (Phi) is 7.52. The van der Waals surface area contributed by atoms with Crippen LogP contribution in [-0.4, -0.2) is 34.7 Å². The summed E-state index contributed by atoms with van der Waals surface area (Å²) in [5, 5.41) is 5.35. The standard InChI is InChI=1S/C21H27N3O4/c1-15(27-14-16-9-6-5-7-10-16)18(24-20(26)28-21(2,3)4)19(25)23-17-11-8-12-22-13-17/h5-13,15,18H,14H2,1-4H3,(H,23,25)(H,24,26)/t15-,18-/m0/s1. The van der Waals surface area contributed by atoms with Crippen molar-refractivity contribution >= 4 is 17.7 Å². The van der Waals surface area contributed by atoms with Gasteiger partial charge >= 0.3 is 6.09 Å². The third-order valence-corrected chi connectivity index (χ3v) is 3.71. The van der Waals surface area contributed by atoms with Gasteiger partial charge in [-0.1, -0.05) is 30.3 Å². The quantitative estimate of drug-likeness (QED) is 0.761. The van der Waals surface area contributed by atoms with Gasteiger partial charge < -0.3 is 20.1 Å². The highest BCUT2D eigenvalue weighted by atomic mass is 16.6. The zero-order valence-electron chi connectivity index (χ0n) is 16.6. The van der Waals surface area contributed by atoms with E-state index < -0.39 is 29.7 Å². The van der Waals surface area contributed by atoms with E-state index in [1.54, 1.807) is 46.0 Å². The van der Waals surface area contributed by atoms with Crippen molar-refractivity contribution in [1.82, 2.24) is 10.3 Å². The summed E-state index contributed by atoms with van der Waals surface area (Å²) < 4.78 is 11.1. The van der Waals surface area contributed by atoms with Gasteiger partial charge in [-0.05, 0) is 45.4 Å². The molecule has 7 nitrogen and oxygen atoms in total. The first-order valence-corrected chi connectivity index (χ1v) is 9.10. The predicted octanol–water partition coefficient (Wildman–Crippen LogP) is 3.52. The molecule has 0 aliphatic rings. The Morgan fingerprint density at radius 3 is 2.43 bits per heavy atom. The van der Waals surface area contributed by atoms with Crippen molar-refractivity contribution < 1.29 is 19.1 Å². The van der Waals surface area contributed by atoms with E-state index in [9.17, 15) is 9.59 Å². The van der Waals surface area contributed by atoms with Crippen LogP contribution in [0.4, 0.5) is 10.5 Å². The molecule has 0 bridgehead atoms. The molecule has 1 heterocycles. The Morgan fingerprint density at radius 1 is 1.11 bits per heavy atom. The monoisotopic (exact) mass is 385 g/mol. The summed E-state index contributed by atoms with van der Waals surface area (Å²) in [5.41, 5.74) is 0.819. The van der Waals surface area contributed by atoms with E-state index in [4.69, 9.17) is 9.47 Å². The molecule has 0 saturated heterocycles. The van der Waals surface area contributed by atoms with Crippen LogP contribution in [0.2, 0.25) is 0 Å². The molecular formula is C21H27N3O4. The van der Waals surface area contributed by atoms with Crippen LogP contribution >= 0.6 is 0 Å². The molecule has 0 fully saturated rings. The molecule has 150 valence electrons. The van der Waals surface area contributed by atoms with Crippen molar-refractivity contribution in [3.63, 3.8) is 0 Å². The molecule has 2 amide bonds. The highest BCUT2D eigenvalue weighted by molar-refractivity contribution is 5.96. The van der Waals surface area contributed by atoms with E-state index in [1.807, 2.05) is 30.3 Å². The van der Waals surface area contributed by atoms with E-state index in [1.165, 1.54) is 6.20 Å². The third kappa shape index (κ3) is 7.36. The van der Waals surface area contributed by atoms with Crippen LogP contribution in [0.3, 0.4) is 0 Å². The number of amides is 2. The van der Waals surface area contributed by atoms with Crippen molar-refractivity contribution in [2.24, 2.45) is 0 Å². The van der Waals surface area contributed by atoms with Crippen LogP contribution in [0.1, 0.15) is 33.3 Å². The first kappa shape index (κ1) is 21.4. The molecule has 0 aliphatic heterocycles. The number of nitrogens with one attached hydrogen (secondary N) is 2. The van der Waals surface area contributed by atoms with Crippen molar-refractivity contribution in [2.75, 3.05) is 5.32 Å². The van der Waals surface area contributed by atoms with Gasteiger partial charge in [-0.25, -0.2) is 4.79 Å². The number of carbonyl (C=O) groups excluding carboxylic acids is 2. The number of hydrogen-bond acceptors (Lipinski definition) is 5. The lowest BCUT2D eigenvalue weighted by molar-refractivity contribution is -0.122. The molecule has 0 saturated carbocycles. The normalized spacial score (nSPS) is 13.3. The molecule has 0 radical (unpaired) electrons. The van der Waals surface area contributed by atoms with Crippen molar-refractivity contribution in [3.8, 4) is 0 Å². The van der Waals surface area contributed by atoms with E-state index in [0.29, 0.717) is 12.3 Å². The SMILES string of the molecule is C[C@H](OCc1ccccc1)[C@H](NC(=O)OC(C)(C)C)C(=O)Nc1cccnc1. The van der Waals surface area contributed by atoms with Crippen LogP contribution < -0.4 is 10.6 Å². The number of rotatable bonds is 7. The van der Waals surface area contributed by atoms with E-state index in [2.05, 4.69) is 15.6 Å². The van der Waals surface area contributed by atoms with Crippen molar-refractivity contribution in [2.45, 2.75) is 52.0 Å². The molecule has 7 heteroatoms. The number of carbonyl (C=O) groups is 2. The van der Waals surface area contributed by atoms with Gasteiger partial charge in [-0.15, -0.1) is 0 Å².